The minimum Gasteiger partial charge on any atom is -0.496 e. The van der Waals surface area contributed by atoms with Crippen molar-refractivity contribution in [3.8, 4) is 5.75 Å². The van der Waals surface area contributed by atoms with Crippen LogP contribution < -0.4 is 20.4 Å². The Labute approximate surface area is 185 Å². The fourth-order valence-electron chi connectivity index (χ4n) is 4.10. The van der Waals surface area contributed by atoms with Crippen LogP contribution in [0.3, 0.4) is 0 Å². The van der Waals surface area contributed by atoms with Gasteiger partial charge < -0.3 is 19.5 Å². The molecule has 4 rings (SSSR count). The number of nitrogens with one attached hydrogen (secondary N) is 1. The monoisotopic (exact) mass is 418 g/mol. The number of hydrogen-bond acceptors (Lipinski definition) is 4. The molecule has 1 aliphatic carbocycles. The summed E-state index contributed by atoms with van der Waals surface area (Å²) in [6.07, 6.45) is 8.97. The molecule has 2 heterocycles. The number of rotatable bonds is 5. The number of allylic oxidation sites excluding steroid dienone is 3. The average Bonchev–Trinajstić information content (AvgIpc) is 3.58. The van der Waals surface area contributed by atoms with Crippen LogP contribution in [0.25, 0.3) is 5.70 Å². The molecule has 164 valence electrons. The lowest BCUT2D eigenvalue weighted by Crippen LogP contribution is -2.49. The lowest BCUT2D eigenvalue weighted by atomic mass is 10.1. The normalized spacial score (nSPS) is 19.6. The Morgan fingerprint density at radius 2 is 2.00 bits per heavy atom. The lowest BCUT2D eigenvalue weighted by Gasteiger charge is -2.34. The molecule has 0 bridgehead atoms. The maximum atomic E-state index is 5.56. The third kappa shape index (κ3) is 5.10. The third-order valence-corrected chi connectivity index (χ3v) is 6.06. The van der Waals surface area contributed by atoms with Gasteiger partial charge in [0.05, 0.1) is 18.5 Å². The highest BCUT2D eigenvalue weighted by Crippen LogP contribution is 2.29. The maximum absolute atomic E-state index is 5.56. The van der Waals surface area contributed by atoms with Crippen molar-refractivity contribution in [1.82, 2.24) is 9.88 Å². The van der Waals surface area contributed by atoms with Crippen LogP contribution >= 0.6 is 0 Å². The number of benzene rings is 1. The first-order valence-corrected chi connectivity index (χ1v) is 11.2. The van der Waals surface area contributed by atoms with Crippen molar-refractivity contribution in [3.05, 3.63) is 70.4 Å². The van der Waals surface area contributed by atoms with Gasteiger partial charge in [0.15, 0.2) is 0 Å². The van der Waals surface area contributed by atoms with Gasteiger partial charge in [0.1, 0.15) is 11.2 Å². The summed E-state index contributed by atoms with van der Waals surface area (Å²) in [6, 6.07) is 9.09. The van der Waals surface area contributed by atoms with Gasteiger partial charge in [0, 0.05) is 44.5 Å². The van der Waals surface area contributed by atoms with E-state index in [0.29, 0.717) is 6.04 Å². The van der Waals surface area contributed by atoms with Crippen LogP contribution in [0.2, 0.25) is 0 Å². The minimum atomic E-state index is 0.505. The molecule has 0 amide bonds. The van der Waals surface area contributed by atoms with Crippen molar-refractivity contribution in [2.45, 2.75) is 39.7 Å². The van der Waals surface area contributed by atoms with Crippen molar-refractivity contribution in [3.63, 3.8) is 0 Å². The first kappa shape index (κ1) is 21.4. The number of methoxy groups -OCH3 is 1. The van der Waals surface area contributed by atoms with E-state index in [2.05, 4.69) is 85.2 Å². The Balaban J connectivity index is 1.75. The zero-order valence-corrected chi connectivity index (χ0v) is 19.4. The summed E-state index contributed by atoms with van der Waals surface area (Å²) >= 11 is 0. The van der Waals surface area contributed by atoms with Gasteiger partial charge in [-0.15, -0.1) is 0 Å². The molecule has 2 aromatic rings. The number of aryl methyl sites for hydroxylation is 3. The number of anilines is 1. The van der Waals surface area contributed by atoms with Crippen LogP contribution in [0.1, 0.15) is 36.5 Å². The highest BCUT2D eigenvalue weighted by atomic mass is 16.5. The van der Waals surface area contributed by atoms with Crippen molar-refractivity contribution < 1.29 is 4.74 Å². The smallest absolute Gasteiger partial charge is 0.136 e. The van der Waals surface area contributed by atoms with Gasteiger partial charge in [-0.2, -0.15) is 0 Å². The zero-order chi connectivity index (χ0) is 22.0. The molecule has 5 heteroatoms. The molecule has 0 unspecified atom stereocenters. The number of hydrogen-bond donors (Lipinski definition) is 1. The highest BCUT2D eigenvalue weighted by Gasteiger charge is 2.17. The van der Waals surface area contributed by atoms with Crippen LogP contribution in [0.5, 0.6) is 5.75 Å². The van der Waals surface area contributed by atoms with E-state index in [1.807, 2.05) is 0 Å². The molecule has 5 nitrogen and oxygen atoms in total. The molecule has 1 saturated carbocycles. The Kier molecular flexibility index (Phi) is 6.33. The SMILES string of the molecule is COc1cc(C(=C/C=C2CC2)/N=c2/c(C)cc(N3CCN[C@H](C)C3)cn2C)ccc1C. The summed E-state index contributed by atoms with van der Waals surface area (Å²) in [5.41, 5.74) is 8.05. The van der Waals surface area contributed by atoms with Crippen LogP contribution in [-0.2, 0) is 7.05 Å². The molecule has 1 saturated heterocycles. The van der Waals surface area contributed by atoms with Crippen LogP contribution in [-0.4, -0.2) is 37.4 Å². The van der Waals surface area contributed by atoms with Crippen LogP contribution in [0.15, 0.2) is 53.2 Å². The fourth-order valence-corrected chi connectivity index (χ4v) is 4.10. The number of piperazine rings is 1. The second-order valence-electron chi connectivity index (χ2n) is 8.79. The summed E-state index contributed by atoms with van der Waals surface area (Å²) < 4.78 is 7.72. The van der Waals surface area contributed by atoms with E-state index in [4.69, 9.17) is 9.73 Å². The number of nitrogens with zero attached hydrogens (tertiary/aromatic N) is 3. The summed E-state index contributed by atoms with van der Waals surface area (Å²) in [4.78, 5) is 7.58. The molecule has 0 spiro atoms. The first-order chi connectivity index (χ1) is 14.9. The van der Waals surface area contributed by atoms with E-state index in [1.54, 1.807) is 7.11 Å². The largest absolute Gasteiger partial charge is 0.496 e. The summed E-state index contributed by atoms with van der Waals surface area (Å²) in [7, 11) is 3.81. The van der Waals surface area contributed by atoms with Gasteiger partial charge >= 0.3 is 0 Å². The molecule has 1 atom stereocenters. The predicted octanol–water partition coefficient (Wildman–Crippen LogP) is 4.11. The van der Waals surface area contributed by atoms with Crippen molar-refractivity contribution in [2.75, 3.05) is 31.6 Å². The van der Waals surface area contributed by atoms with Gasteiger partial charge in [-0.05, 0) is 62.9 Å². The van der Waals surface area contributed by atoms with Gasteiger partial charge in [0.2, 0.25) is 0 Å². The average molecular weight is 419 g/mol. The zero-order valence-electron chi connectivity index (χ0n) is 19.4. The maximum Gasteiger partial charge on any atom is 0.136 e. The molecule has 1 aromatic heterocycles. The molecule has 1 aromatic carbocycles. The van der Waals surface area contributed by atoms with Gasteiger partial charge in [-0.3, -0.25) is 0 Å². The van der Waals surface area contributed by atoms with Crippen molar-refractivity contribution >= 4 is 11.4 Å². The third-order valence-electron chi connectivity index (χ3n) is 6.06. The molecule has 0 radical (unpaired) electrons. The minimum absolute atomic E-state index is 0.505. The lowest BCUT2D eigenvalue weighted by molar-refractivity contribution is 0.411. The van der Waals surface area contributed by atoms with Gasteiger partial charge in [0.25, 0.3) is 0 Å². The van der Waals surface area contributed by atoms with E-state index in [-0.39, 0.29) is 0 Å². The molecule has 1 N–H and O–H groups in total. The second-order valence-corrected chi connectivity index (χ2v) is 8.79. The quantitative estimate of drug-likeness (QED) is 0.795. The predicted molar refractivity (Wildman–Crippen MR) is 128 cm³/mol. The van der Waals surface area contributed by atoms with Crippen LogP contribution in [0, 0.1) is 13.8 Å². The summed E-state index contributed by atoms with van der Waals surface area (Å²) in [5.74, 6) is 0.891. The Morgan fingerprint density at radius 1 is 1.19 bits per heavy atom. The molecule has 31 heavy (non-hydrogen) atoms. The summed E-state index contributed by atoms with van der Waals surface area (Å²) in [6.45, 7) is 9.53. The van der Waals surface area contributed by atoms with Gasteiger partial charge in [-0.25, -0.2) is 4.99 Å². The molecular weight excluding hydrogens is 384 g/mol. The van der Waals surface area contributed by atoms with Crippen molar-refractivity contribution in [1.29, 1.82) is 0 Å². The van der Waals surface area contributed by atoms with Crippen molar-refractivity contribution in [2.24, 2.45) is 12.0 Å². The van der Waals surface area contributed by atoms with E-state index in [0.717, 1.165) is 47.7 Å². The Bertz CT molecular complexity index is 1060. The van der Waals surface area contributed by atoms with E-state index in [1.165, 1.54) is 29.7 Å². The summed E-state index contributed by atoms with van der Waals surface area (Å²) in [5, 5.41) is 3.52. The molecular formula is C26H34N4O. The first-order valence-electron chi connectivity index (χ1n) is 11.2. The molecule has 2 fully saturated rings. The topological polar surface area (TPSA) is 41.8 Å². The van der Waals surface area contributed by atoms with E-state index in [9.17, 15) is 0 Å². The number of pyridine rings is 1. The standard InChI is InChI=1S/C26H34N4O/c1-18-6-10-22(15-25(18)31-5)24(11-9-21-7-8-21)28-26-19(2)14-23(17-29(26)4)30-13-12-27-20(3)16-30/h6,9-11,14-15,17,20,27H,7-8,12-13,16H2,1-5H3/b24-11-,28-26-/t20-/m1/s1. The number of aromatic nitrogens is 1. The fraction of sp³-hybridized carbons (Fsp3) is 0.423. The van der Waals surface area contributed by atoms with Crippen LogP contribution in [0.4, 0.5) is 5.69 Å². The highest BCUT2D eigenvalue weighted by molar-refractivity contribution is 5.68. The van der Waals surface area contributed by atoms with Gasteiger partial charge in [-0.1, -0.05) is 23.8 Å². The van der Waals surface area contributed by atoms with E-state index < -0.39 is 0 Å². The Hall–Kier alpha value is -2.79. The molecule has 2 aliphatic rings. The Morgan fingerprint density at radius 3 is 2.68 bits per heavy atom. The van der Waals surface area contributed by atoms with E-state index >= 15 is 0 Å². The second kappa shape index (κ2) is 9.15. The number of ether oxygens (including phenoxy) is 1. The molecule has 1 aliphatic heterocycles.